The average molecular weight is 356 g/mol. The van der Waals surface area contributed by atoms with Crippen molar-refractivity contribution in [2.45, 2.75) is 11.8 Å². The van der Waals surface area contributed by atoms with Crippen LogP contribution in [0.3, 0.4) is 0 Å². The molecule has 130 valence electrons. The molecule has 2 N–H and O–H groups in total. The molecule has 25 heavy (non-hydrogen) atoms. The Morgan fingerprint density at radius 1 is 1.16 bits per heavy atom. The zero-order valence-corrected chi connectivity index (χ0v) is 15.2. The highest BCUT2D eigenvalue weighted by molar-refractivity contribution is 8.00. The fourth-order valence-electron chi connectivity index (χ4n) is 2.66. The third kappa shape index (κ3) is 3.74. The normalized spacial score (nSPS) is 10.7. The summed E-state index contributed by atoms with van der Waals surface area (Å²) in [6.07, 6.45) is 0. The first kappa shape index (κ1) is 17.2. The van der Waals surface area contributed by atoms with E-state index in [0.717, 1.165) is 21.5 Å². The van der Waals surface area contributed by atoms with Crippen LogP contribution in [0.2, 0.25) is 0 Å². The Labute approximate surface area is 150 Å². The van der Waals surface area contributed by atoms with E-state index in [-0.39, 0.29) is 5.91 Å². The third-order valence-electron chi connectivity index (χ3n) is 3.86. The van der Waals surface area contributed by atoms with Gasteiger partial charge in [-0.1, -0.05) is 18.2 Å². The molecule has 0 aliphatic carbocycles. The van der Waals surface area contributed by atoms with Crippen molar-refractivity contribution in [2.24, 2.45) is 0 Å². The second kappa shape index (κ2) is 7.53. The van der Waals surface area contributed by atoms with Crippen molar-refractivity contribution in [3.05, 3.63) is 48.2 Å². The number of hydrogen-bond acceptors (Lipinski definition) is 4. The quantitative estimate of drug-likeness (QED) is 0.649. The predicted octanol–water partition coefficient (Wildman–Crippen LogP) is 4.22. The molecule has 3 aromatic rings. The molecule has 3 rings (SSSR count). The van der Waals surface area contributed by atoms with Crippen molar-refractivity contribution in [1.29, 1.82) is 0 Å². The molecule has 0 bridgehead atoms. The van der Waals surface area contributed by atoms with E-state index in [1.807, 2.05) is 25.1 Å². The molecule has 1 aromatic heterocycles. The van der Waals surface area contributed by atoms with Gasteiger partial charge >= 0.3 is 0 Å². The Morgan fingerprint density at radius 3 is 2.72 bits per heavy atom. The highest BCUT2D eigenvalue weighted by Gasteiger charge is 2.13. The van der Waals surface area contributed by atoms with Crippen LogP contribution in [0.4, 0.5) is 5.69 Å². The van der Waals surface area contributed by atoms with E-state index in [1.165, 1.54) is 11.8 Å². The van der Waals surface area contributed by atoms with E-state index in [0.29, 0.717) is 22.9 Å². The molecular formula is C19H20N2O3S. The summed E-state index contributed by atoms with van der Waals surface area (Å²) in [4.78, 5) is 16.8. The fourth-order valence-corrected chi connectivity index (χ4v) is 3.61. The molecule has 0 saturated heterocycles. The molecule has 2 aromatic carbocycles. The Morgan fingerprint density at radius 2 is 1.96 bits per heavy atom. The number of H-pyrrole nitrogens is 1. The van der Waals surface area contributed by atoms with Crippen LogP contribution in [0, 0.1) is 6.92 Å². The Kier molecular flexibility index (Phi) is 5.19. The summed E-state index contributed by atoms with van der Waals surface area (Å²) in [7, 11) is 3.15. The lowest BCUT2D eigenvalue weighted by Crippen LogP contribution is -2.14. The lowest BCUT2D eigenvalue weighted by molar-refractivity contribution is -0.113. The van der Waals surface area contributed by atoms with Gasteiger partial charge in [0.05, 0.1) is 25.7 Å². The zero-order chi connectivity index (χ0) is 17.8. The number of anilines is 1. The summed E-state index contributed by atoms with van der Waals surface area (Å²) in [6, 6.07) is 13.4. The molecule has 0 aliphatic rings. The lowest BCUT2D eigenvalue weighted by atomic mass is 10.2. The Balaban J connectivity index is 1.70. The smallest absolute Gasteiger partial charge is 0.234 e. The number of ether oxygens (including phenoxy) is 2. The Bertz CT molecular complexity index is 905. The molecular weight excluding hydrogens is 336 g/mol. The maximum absolute atomic E-state index is 12.3. The topological polar surface area (TPSA) is 63.3 Å². The minimum atomic E-state index is -0.0850. The molecule has 1 heterocycles. The number of benzene rings is 2. The zero-order valence-electron chi connectivity index (χ0n) is 14.4. The molecule has 0 unspecified atom stereocenters. The first-order valence-corrected chi connectivity index (χ1v) is 8.83. The van der Waals surface area contributed by atoms with Gasteiger partial charge < -0.3 is 19.8 Å². The second-order valence-corrected chi connectivity index (χ2v) is 6.51. The number of rotatable bonds is 6. The molecule has 0 atom stereocenters. The molecule has 5 nitrogen and oxygen atoms in total. The van der Waals surface area contributed by atoms with Gasteiger partial charge in [0.2, 0.25) is 5.91 Å². The van der Waals surface area contributed by atoms with Crippen LogP contribution in [0.15, 0.2) is 47.4 Å². The molecule has 0 fully saturated rings. The van der Waals surface area contributed by atoms with E-state index >= 15 is 0 Å². The number of amides is 1. The van der Waals surface area contributed by atoms with E-state index in [2.05, 4.69) is 16.4 Å². The van der Waals surface area contributed by atoms with E-state index in [9.17, 15) is 4.79 Å². The van der Waals surface area contributed by atoms with Gasteiger partial charge in [0, 0.05) is 27.6 Å². The standard InChI is InChI=1S/C19H20N2O3S/c1-12-19(14-6-4-5-7-15(14)20-12)25-11-18(22)21-16-9-8-13(23-2)10-17(16)24-3/h4-10,20H,11H2,1-3H3,(H,21,22). The highest BCUT2D eigenvalue weighted by atomic mass is 32.2. The largest absolute Gasteiger partial charge is 0.497 e. The number of thioether (sulfide) groups is 1. The van der Waals surface area contributed by atoms with Gasteiger partial charge in [-0.25, -0.2) is 0 Å². The highest BCUT2D eigenvalue weighted by Crippen LogP contribution is 2.32. The van der Waals surface area contributed by atoms with Crippen LogP contribution in [0.25, 0.3) is 10.9 Å². The average Bonchev–Trinajstić information content (AvgIpc) is 2.95. The fraction of sp³-hybridized carbons (Fsp3) is 0.211. The number of hydrogen-bond donors (Lipinski definition) is 2. The van der Waals surface area contributed by atoms with Crippen molar-refractivity contribution in [1.82, 2.24) is 4.98 Å². The van der Waals surface area contributed by atoms with Gasteiger partial charge in [-0.05, 0) is 25.1 Å². The first-order chi connectivity index (χ1) is 12.1. The summed E-state index contributed by atoms with van der Waals surface area (Å²) < 4.78 is 10.5. The summed E-state index contributed by atoms with van der Waals surface area (Å²) in [5.41, 5.74) is 2.78. The molecule has 6 heteroatoms. The van der Waals surface area contributed by atoms with Crippen LogP contribution >= 0.6 is 11.8 Å². The maximum atomic E-state index is 12.3. The number of carbonyl (C=O) groups is 1. The maximum Gasteiger partial charge on any atom is 0.234 e. The molecule has 0 spiro atoms. The van der Waals surface area contributed by atoms with Gasteiger partial charge in [-0.3, -0.25) is 4.79 Å². The third-order valence-corrected chi connectivity index (χ3v) is 5.09. The second-order valence-electron chi connectivity index (χ2n) is 5.53. The van der Waals surface area contributed by atoms with Crippen molar-refractivity contribution in [3.63, 3.8) is 0 Å². The number of aromatic amines is 1. The van der Waals surface area contributed by atoms with Gasteiger partial charge in [-0.2, -0.15) is 0 Å². The van der Waals surface area contributed by atoms with Gasteiger partial charge in [0.1, 0.15) is 11.5 Å². The number of methoxy groups -OCH3 is 2. The van der Waals surface area contributed by atoms with Crippen LogP contribution in [-0.2, 0) is 4.79 Å². The van der Waals surface area contributed by atoms with Crippen molar-refractivity contribution >= 4 is 34.3 Å². The van der Waals surface area contributed by atoms with E-state index in [1.54, 1.807) is 32.4 Å². The van der Waals surface area contributed by atoms with Crippen molar-refractivity contribution < 1.29 is 14.3 Å². The van der Waals surface area contributed by atoms with Crippen molar-refractivity contribution in [3.8, 4) is 11.5 Å². The number of aromatic nitrogens is 1. The predicted molar refractivity (Wildman–Crippen MR) is 102 cm³/mol. The van der Waals surface area contributed by atoms with E-state index < -0.39 is 0 Å². The van der Waals surface area contributed by atoms with Gasteiger partial charge in [0.25, 0.3) is 0 Å². The van der Waals surface area contributed by atoms with Crippen molar-refractivity contribution in [2.75, 3.05) is 25.3 Å². The minimum Gasteiger partial charge on any atom is -0.497 e. The Hall–Kier alpha value is -2.60. The van der Waals surface area contributed by atoms with Crippen LogP contribution in [0.5, 0.6) is 11.5 Å². The monoisotopic (exact) mass is 356 g/mol. The van der Waals surface area contributed by atoms with Gasteiger partial charge in [0.15, 0.2) is 0 Å². The SMILES string of the molecule is COc1ccc(NC(=O)CSc2c(C)[nH]c3ccccc23)c(OC)c1. The molecule has 0 radical (unpaired) electrons. The number of fused-ring (bicyclic) bond motifs is 1. The lowest BCUT2D eigenvalue weighted by Gasteiger charge is -2.11. The summed E-state index contributed by atoms with van der Waals surface area (Å²) in [5.74, 6) is 1.48. The molecule has 0 aliphatic heterocycles. The summed E-state index contributed by atoms with van der Waals surface area (Å²) >= 11 is 1.52. The first-order valence-electron chi connectivity index (χ1n) is 7.84. The minimum absolute atomic E-state index is 0.0850. The van der Waals surface area contributed by atoms with E-state index in [4.69, 9.17) is 9.47 Å². The van der Waals surface area contributed by atoms with Crippen LogP contribution < -0.4 is 14.8 Å². The van der Waals surface area contributed by atoms with Crippen LogP contribution in [-0.4, -0.2) is 30.9 Å². The van der Waals surface area contributed by atoms with Gasteiger partial charge in [-0.15, -0.1) is 11.8 Å². The summed E-state index contributed by atoms with van der Waals surface area (Å²) in [6.45, 7) is 2.02. The number of para-hydroxylation sites is 1. The van der Waals surface area contributed by atoms with Crippen LogP contribution in [0.1, 0.15) is 5.69 Å². The molecule has 1 amide bonds. The number of carbonyl (C=O) groups excluding carboxylic acids is 1. The molecule has 0 saturated carbocycles. The number of aryl methyl sites for hydroxylation is 1. The number of nitrogens with one attached hydrogen (secondary N) is 2. The summed E-state index contributed by atoms with van der Waals surface area (Å²) in [5, 5.41) is 4.03.